The minimum absolute atomic E-state index is 0. The maximum atomic E-state index is 6.14. The first-order valence-corrected chi connectivity index (χ1v) is 5.25. The number of nitrogens with two attached hydrogens (primary N) is 1. The smallest absolute Gasteiger partial charge is 0.0457 e. The predicted molar refractivity (Wildman–Crippen MR) is 71.9 cm³/mol. The summed E-state index contributed by atoms with van der Waals surface area (Å²) in [5.41, 5.74) is 8.52. The van der Waals surface area contributed by atoms with Gasteiger partial charge in [-0.1, -0.05) is 18.2 Å². The highest BCUT2D eigenvalue weighted by atomic mass is 35.5. The SMILES string of the molecule is C=CCC[C@H](N)c1cccc2[nH]ccc12.Cl. The number of aromatic nitrogens is 1. The summed E-state index contributed by atoms with van der Waals surface area (Å²) in [6.07, 6.45) is 5.78. The summed E-state index contributed by atoms with van der Waals surface area (Å²) in [6.45, 7) is 3.72. The summed E-state index contributed by atoms with van der Waals surface area (Å²) in [5.74, 6) is 0. The van der Waals surface area contributed by atoms with E-state index in [2.05, 4.69) is 29.8 Å². The number of aromatic amines is 1. The molecule has 0 fully saturated rings. The third-order valence-corrected chi connectivity index (χ3v) is 2.71. The van der Waals surface area contributed by atoms with Crippen LogP contribution in [0.4, 0.5) is 0 Å². The molecule has 1 aromatic carbocycles. The summed E-state index contributed by atoms with van der Waals surface area (Å²) in [7, 11) is 0. The molecule has 3 N–H and O–H groups in total. The number of allylic oxidation sites excluding steroid dienone is 1. The minimum atomic E-state index is 0. The van der Waals surface area contributed by atoms with Gasteiger partial charge in [0, 0.05) is 23.1 Å². The highest BCUT2D eigenvalue weighted by Gasteiger charge is 2.08. The number of halogens is 1. The fourth-order valence-corrected chi connectivity index (χ4v) is 1.89. The number of rotatable bonds is 4. The average molecular weight is 237 g/mol. The molecule has 0 aliphatic carbocycles. The minimum Gasteiger partial charge on any atom is -0.361 e. The van der Waals surface area contributed by atoms with Crippen LogP contribution in [-0.4, -0.2) is 4.98 Å². The molecule has 0 aliphatic rings. The molecule has 0 bridgehead atoms. The van der Waals surface area contributed by atoms with E-state index in [0.717, 1.165) is 18.4 Å². The van der Waals surface area contributed by atoms with Gasteiger partial charge >= 0.3 is 0 Å². The maximum absolute atomic E-state index is 6.14. The molecular weight excluding hydrogens is 220 g/mol. The zero-order valence-corrected chi connectivity index (χ0v) is 9.96. The number of benzene rings is 1. The summed E-state index contributed by atoms with van der Waals surface area (Å²) in [6, 6.07) is 8.39. The second-order valence-corrected chi connectivity index (χ2v) is 3.76. The van der Waals surface area contributed by atoms with Gasteiger partial charge in [-0.2, -0.15) is 0 Å². The van der Waals surface area contributed by atoms with Gasteiger partial charge in [0.2, 0.25) is 0 Å². The van der Waals surface area contributed by atoms with Gasteiger partial charge in [0.25, 0.3) is 0 Å². The lowest BCUT2D eigenvalue weighted by Crippen LogP contribution is -2.09. The summed E-state index contributed by atoms with van der Waals surface area (Å²) in [5, 5.41) is 1.23. The van der Waals surface area contributed by atoms with Gasteiger partial charge in [-0.15, -0.1) is 19.0 Å². The van der Waals surface area contributed by atoms with Crippen molar-refractivity contribution in [3.63, 3.8) is 0 Å². The van der Waals surface area contributed by atoms with Crippen LogP contribution in [-0.2, 0) is 0 Å². The third-order valence-electron chi connectivity index (χ3n) is 2.71. The Morgan fingerprint density at radius 2 is 2.19 bits per heavy atom. The molecule has 0 aliphatic heterocycles. The van der Waals surface area contributed by atoms with Crippen molar-refractivity contribution < 1.29 is 0 Å². The Kier molecular flexibility index (Phi) is 4.59. The van der Waals surface area contributed by atoms with Gasteiger partial charge in [-0.25, -0.2) is 0 Å². The van der Waals surface area contributed by atoms with Crippen molar-refractivity contribution in [1.82, 2.24) is 4.98 Å². The number of hydrogen-bond donors (Lipinski definition) is 2. The van der Waals surface area contributed by atoms with Crippen molar-refractivity contribution in [3.8, 4) is 0 Å². The second kappa shape index (κ2) is 5.73. The Morgan fingerprint density at radius 3 is 2.94 bits per heavy atom. The van der Waals surface area contributed by atoms with Crippen molar-refractivity contribution in [2.24, 2.45) is 5.73 Å². The third kappa shape index (κ3) is 2.46. The van der Waals surface area contributed by atoms with Crippen LogP contribution in [0, 0.1) is 0 Å². The van der Waals surface area contributed by atoms with Gasteiger partial charge in [0.1, 0.15) is 0 Å². The molecule has 1 atom stereocenters. The summed E-state index contributed by atoms with van der Waals surface area (Å²) in [4.78, 5) is 3.20. The molecular formula is C13H17ClN2. The van der Waals surface area contributed by atoms with E-state index in [4.69, 9.17) is 5.73 Å². The van der Waals surface area contributed by atoms with Crippen LogP contribution in [0.2, 0.25) is 0 Å². The van der Waals surface area contributed by atoms with E-state index in [1.54, 1.807) is 0 Å². The summed E-state index contributed by atoms with van der Waals surface area (Å²) < 4.78 is 0. The number of fused-ring (bicyclic) bond motifs is 1. The monoisotopic (exact) mass is 236 g/mol. The van der Waals surface area contributed by atoms with E-state index in [1.165, 1.54) is 10.9 Å². The van der Waals surface area contributed by atoms with E-state index in [-0.39, 0.29) is 18.4 Å². The van der Waals surface area contributed by atoms with E-state index in [9.17, 15) is 0 Å². The predicted octanol–water partition coefficient (Wildman–Crippen LogP) is 3.56. The van der Waals surface area contributed by atoms with Crippen LogP contribution in [0.5, 0.6) is 0 Å². The fraction of sp³-hybridized carbons (Fsp3) is 0.231. The molecule has 0 saturated carbocycles. The lowest BCUT2D eigenvalue weighted by molar-refractivity contribution is 0.666. The fourth-order valence-electron chi connectivity index (χ4n) is 1.89. The number of nitrogens with one attached hydrogen (secondary N) is 1. The molecule has 0 saturated heterocycles. The van der Waals surface area contributed by atoms with Gasteiger partial charge in [0.15, 0.2) is 0 Å². The average Bonchev–Trinajstić information content (AvgIpc) is 2.73. The molecule has 0 amide bonds. The lowest BCUT2D eigenvalue weighted by Gasteiger charge is -2.11. The van der Waals surface area contributed by atoms with Crippen LogP contribution in [0.3, 0.4) is 0 Å². The first kappa shape index (κ1) is 12.8. The second-order valence-electron chi connectivity index (χ2n) is 3.76. The van der Waals surface area contributed by atoms with Gasteiger partial charge in [-0.3, -0.25) is 0 Å². The highest BCUT2D eigenvalue weighted by molar-refractivity contribution is 5.85. The largest absolute Gasteiger partial charge is 0.361 e. The van der Waals surface area contributed by atoms with Gasteiger partial charge in [0.05, 0.1) is 0 Å². The molecule has 0 radical (unpaired) electrons. The normalized spacial score (nSPS) is 12.1. The van der Waals surface area contributed by atoms with Crippen molar-refractivity contribution in [2.45, 2.75) is 18.9 Å². The Labute approximate surface area is 102 Å². The van der Waals surface area contributed by atoms with Crippen LogP contribution in [0.15, 0.2) is 43.1 Å². The van der Waals surface area contributed by atoms with Crippen LogP contribution >= 0.6 is 12.4 Å². The molecule has 3 heteroatoms. The van der Waals surface area contributed by atoms with Gasteiger partial charge in [-0.05, 0) is 30.5 Å². The molecule has 1 aromatic heterocycles. The van der Waals surface area contributed by atoms with Crippen LogP contribution in [0.1, 0.15) is 24.4 Å². The number of H-pyrrole nitrogens is 1. The molecule has 0 spiro atoms. The van der Waals surface area contributed by atoms with E-state index >= 15 is 0 Å². The Balaban J connectivity index is 0.00000128. The Hall–Kier alpha value is -1.25. The maximum Gasteiger partial charge on any atom is 0.0457 e. The van der Waals surface area contributed by atoms with Gasteiger partial charge < -0.3 is 10.7 Å². The molecule has 0 unspecified atom stereocenters. The van der Waals surface area contributed by atoms with E-state index < -0.39 is 0 Å². The Morgan fingerprint density at radius 1 is 1.38 bits per heavy atom. The van der Waals surface area contributed by atoms with E-state index in [0.29, 0.717) is 0 Å². The lowest BCUT2D eigenvalue weighted by atomic mass is 9.99. The highest BCUT2D eigenvalue weighted by Crippen LogP contribution is 2.24. The molecule has 2 rings (SSSR count). The van der Waals surface area contributed by atoms with E-state index in [1.807, 2.05) is 18.3 Å². The zero-order chi connectivity index (χ0) is 10.7. The standard InChI is InChI=1S/C13H16N2.ClH/c1-2-3-6-12(14)10-5-4-7-13-11(10)8-9-15-13;/h2,4-5,7-9,12,15H,1,3,6,14H2;1H/t12-;/m0./s1. The topological polar surface area (TPSA) is 41.8 Å². The zero-order valence-electron chi connectivity index (χ0n) is 9.15. The first-order valence-electron chi connectivity index (χ1n) is 5.25. The van der Waals surface area contributed by atoms with Crippen molar-refractivity contribution in [3.05, 3.63) is 48.7 Å². The number of hydrogen-bond acceptors (Lipinski definition) is 1. The van der Waals surface area contributed by atoms with Crippen LogP contribution in [0.25, 0.3) is 10.9 Å². The molecule has 1 heterocycles. The molecule has 2 aromatic rings. The Bertz CT molecular complexity index is 462. The quantitative estimate of drug-likeness (QED) is 0.784. The van der Waals surface area contributed by atoms with Crippen molar-refractivity contribution >= 4 is 23.3 Å². The molecule has 2 nitrogen and oxygen atoms in total. The molecule has 16 heavy (non-hydrogen) atoms. The first-order chi connectivity index (χ1) is 7.33. The van der Waals surface area contributed by atoms with Crippen molar-refractivity contribution in [1.29, 1.82) is 0 Å². The van der Waals surface area contributed by atoms with Crippen molar-refractivity contribution in [2.75, 3.05) is 0 Å². The molecule has 86 valence electrons. The summed E-state index contributed by atoms with van der Waals surface area (Å²) >= 11 is 0. The van der Waals surface area contributed by atoms with Crippen LogP contribution < -0.4 is 5.73 Å².